The highest BCUT2D eigenvalue weighted by Gasteiger charge is 2.21. The molecule has 1 saturated heterocycles. The number of carbonyl (C=O) groups excluding carboxylic acids is 1. The molecule has 0 radical (unpaired) electrons. The van der Waals surface area contributed by atoms with E-state index in [4.69, 9.17) is 4.74 Å². The lowest BCUT2D eigenvalue weighted by atomic mass is 9.91. The van der Waals surface area contributed by atoms with Crippen LogP contribution in [0.2, 0.25) is 0 Å². The SMILES string of the molecule is COCc1cccc(C(=O)NCCN2CCC[C@@H](c3ccccc3)C2)n1. The smallest absolute Gasteiger partial charge is 0.269 e. The summed E-state index contributed by atoms with van der Waals surface area (Å²) >= 11 is 0. The number of hydrogen-bond donors (Lipinski definition) is 1. The van der Waals surface area contributed by atoms with Gasteiger partial charge in [0.15, 0.2) is 0 Å². The van der Waals surface area contributed by atoms with Gasteiger partial charge in [0.2, 0.25) is 0 Å². The number of amides is 1. The van der Waals surface area contributed by atoms with E-state index in [9.17, 15) is 4.79 Å². The number of carbonyl (C=O) groups is 1. The molecule has 0 unspecified atom stereocenters. The van der Waals surface area contributed by atoms with Gasteiger partial charge < -0.3 is 15.0 Å². The van der Waals surface area contributed by atoms with E-state index in [1.54, 1.807) is 13.2 Å². The molecule has 0 saturated carbocycles. The molecule has 1 aromatic heterocycles. The summed E-state index contributed by atoms with van der Waals surface area (Å²) in [5, 5.41) is 2.99. The van der Waals surface area contributed by atoms with Crippen molar-refractivity contribution in [3.63, 3.8) is 0 Å². The topological polar surface area (TPSA) is 54.5 Å². The molecule has 26 heavy (non-hydrogen) atoms. The van der Waals surface area contributed by atoms with Gasteiger partial charge in [-0.1, -0.05) is 36.4 Å². The largest absolute Gasteiger partial charge is 0.378 e. The molecule has 5 nitrogen and oxygen atoms in total. The zero-order chi connectivity index (χ0) is 18.2. The molecule has 2 heterocycles. The van der Waals surface area contributed by atoms with Gasteiger partial charge in [-0.3, -0.25) is 4.79 Å². The van der Waals surface area contributed by atoms with E-state index < -0.39 is 0 Å². The second-order valence-corrected chi connectivity index (χ2v) is 6.75. The van der Waals surface area contributed by atoms with Gasteiger partial charge in [0, 0.05) is 26.7 Å². The van der Waals surface area contributed by atoms with E-state index in [1.807, 2.05) is 12.1 Å². The van der Waals surface area contributed by atoms with Crippen LogP contribution < -0.4 is 5.32 Å². The van der Waals surface area contributed by atoms with Gasteiger partial charge in [-0.15, -0.1) is 0 Å². The standard InChI is InChI=1S/C21H27N3O2/c1-26-16-19-10-5-11-20(23-19)21(25)22-12-14-24-13-6-9-18(15-24)17-7-3-2-4-8-17/h2-5,7-8,10-11,18H,6,9,12-16H2,1H3,(H,22,25)/t18-/m1/s1. The maximum absolute atomic E-state index is 12.3. The van der Waals surface area contributed by atoms with Crippen molar-refractivity contribution >= 4 is 5.91 Å². The van der Waals surface area contributed by atoms with Crippen LogP contribution in [-0.2, 0) is 11.3 Å². The number of aromatic nitrogens is 1. The quantitative estimate of drug-likeness (QED) is 0.832. The highest BCUT2D eigenvalue weighted by molar-refractivity contribution is 5.92. The van der Waals surface area contributed by atoms with Gasteiger partial charge in [0.25, 0.3) is 5.91 Å². The summed E-state index contributed by atoms with van der Waals surface area (Å²) in [6, 6.07) is 16.2. The van der Waals surface area contributed by atoms with Gasteiger partial charge in [-0.2, -0.15) is 0 Å². The molecule has 2 aromatic rings. The first-order valence-corrected chi connectivity index (χ1v) is 9.26. The number of benzene rings is 1. The van der Waals surface area contributed by atoms with E-state index in [2.05, 4.69) is 45.5 Å². The monoisotopic (exact) mass is 353 g/mol. The summed E-state index contributed by atoms with van der Waals surface area (Å²) in [4.78, 5) is 19.1. The summed E-state index contributed by atoms with van der Waals surface area (Å²) in [5.41, 5.74) is 2.63. The second kappa shape index (κ2) is 9.46. The Labute approximate surface area is 155 Å². The minimum atomic E-state index is -0.125. The third-order valence-corrected chi connectivity index (χ3v) is 4.82. The Hall–Kier alpha value is -2.24. The number of piperidine rings is 1. The molecule has 1 amide bonds. The van der Waals surface area contributed by atoms with Crippen LogP contribution in [0.25, 0.3) is 0 Å². The molecule has 1 fully saturated rings. The van der Waals surface area contributed by atoms with Crippen LogP contribution in [0.1, 0.15) is 40.5 Å². The van der Waals surface area contributed by atoms with Crippen molar-refractivity contribution in [1.29, 1.82) is 0 Å². The fraction of sp³-hybridized carbons (Fsp3) is 0.429. The molecule has 0 aliphatic carbocycles. The Morgan fingerprint density at radius 3 is 2.88 bits per heavy atom. The van der Waals surface area contributed by atoms with Crippen LogP contribution in [0.4, 0.5) is 0 Å². The minimum Gasteiger partial charge on any atom is -0.378 e. The number of methoxy groups -OCH3 is 1. The molecule has 1 aliphatic rings. The number of pyridine rings is 1. The predicted molar refractivity (Wildman–Crippen MR) is 102 cm³/mol. The Morgan fingerprint density at radius 2 is 2.08 bits per heavy atom. The van der Waals surface area contributed by atoms with Crippen molar-refractivity contribution in [3.05, 3.63) is 65.5 Å². The molecular weight excluding hydrogens is 326 g/mol. The molecule has 1 atom stereocenters. The van der Waals surface area contributed by atoms with E-state index in [1.165, 1.54) is 18.4 Å². The van der Waals surface area contributed by atoms with Crippen LogP contribution in [0.3, 0.4) is 0 Å². The maximum Gasteiger partial charge on any atom is 0.269 e. The summed E-state index contributed by atoms with van der Waals surface area (Å²) in [6.07, 6.45) is 2.44. The summed E-state index contributed by atoms with van der Waals surface area (Å²) in [6.45, 7) is 4.07. The van der Waals surface area contributed by atoms with Gasteiger partial charge >= 0.3 is 0 Å². The Balaban J connectivity index is 1.47. The number of hydrogen-bond acceptors (Lipinski definition) is 4. The van der Waals surface area contributed by atoms with Gasteiger partial charge in [-0.05, 0) is 43.0 Å². The van der Waals surface area contributed by atoms with Crippen molar-refractivity contribution in [2.75, 3.05) is 33.3 Å². The Kier molecular flexibility index (Phi) is 6.75. The number of likely N-dealkylation sites (tertiary alicyclic amines) is 1. The van der Waals surface area contributed by atoms with E-state index >= 15 is 0 Å². The zero-order valence-electron chi connectivity index (χ0n) is 15.4. The number of nitrogens with zero attached hydrogens (tertiary/aromatic N) is 2. The molecule has 0 spiro atoms. The fourth-order valence-corrected chi connectivity index (χ4v) is 3.51. The van der Waals surface area contributed by atoms with Crippen molar-refractivity contribution in [2.45, 2.75) is 25.4 Å². The summed E-state index contributed by atoms with van der Waals surface area (Å²) < 4.78 is 5.07. The molecule has 138 valence electrons. The molecule has 3 rings (SSSR count). The van der Waals surface area contributed by atoms with Crippen molar-refractivity contribution in [3.8, 4) is 0 Å². The Morgan fingerprint density at radius 1 is 1.23 bits per heavy atom. The van der Waals surface area contributed by atoms with E-state index in [0.717, 1.165) is 25.3 Å². The van der Waals surface area contributed by atoms with Crippen LogP contribution in [0.15, 0.2) is 48.5 Å². The molecule has 1 aliphatic heterocycles. The zero-order valence-corrected chi connectivity index (χ0v) is 15.4. The van der Waals surface area contributed by atoms with Crippen LogP contribution in [-0.4, -0.2) is 49.1 Å². The Bertz CT molecular complexity index is 705. The number of nitrogens with one attached hydrogen (secondary N) is 1. The first-order valence-electron chi connectivity index (χ1n) is 9.26. The first kappa shape index (κ1) is 18.5. The van der Waals surface area contributed by atoms with Crippen molar-refractivity contribution in [2.24, 2.45) is 0 Å². The van der Waals surface area contributed by atoms with E-state index in [-0.39, 0.29) is 5.91 Å². The molecular formula is C21H27N3O2. The van der Waals surface area contributed by atoms with Crippen LogP contribution >= 0.6 is 0 Å². The molecule has 0 bridgehead atoms. The number of rotatable bonds is 7. The fourth-order valence-electron chi connectivity index (χ4n) is 3.51. The summed E-state index contributed by atoms with van der Waals surface area (Å²) in [5.74, 6) is 0.465. The molecule has 1 aromatic carbocycles. The highest BCUT2D eigenvalue weighted by atomic mass is 16.5. The summed E-state index contributed by atoms with van der Waals surface area (Å²) in [7, 11) is 1.62. The first-order chi connectivity index (χ1) is 12.8. The van der Waals surface area contributed by atoms with Gasteiger partial charge in [0.05, 0.1) is 12.3 Å². The van der Waals surface area contributed by atoms with Crippen LogP contribution in [0, 0.1) is 0 Å². The normalized spacial score (nSPS) is 17.8. The minimum absolute atomic E-state index is 0.125. The molecule has 5 heteroatoms. The third-order valence-electron chi connectivity index (χ3n) is 4.82. The third kappa shape index (κ3) is 5.13. The lowest BCUT2D eigenvalue weighted by molar-refractivity contribution is 0.0939. The average molecular weight is 353 g/mol. The second-order valence-electron chi connectivity index (χ2n) is 6.75. The number of ether oxygens (including phenoxy) is 1. The van der Waals surface area contributed by atoms with Gasteiger partial charge in [-0.25, -0.2) is 4.98 Å². The maximum atomic E-state index is 12.3. The highest BCUT2D eigenvalue weighted by Crippen LogP contribution is 2.26. The lowest BCUT2D eigenvalue weighted by Crippen LogP contribution is -2.40. The molecule has 1 N–H and O–H groups in total. The van der Waals surface area contributed by atoms with E-state index in [0.29, 0.717) is 24.8 Å². The average Bonchev–Trinajstić information content (AvgIpc) is 2.69. The van der Waals surface area contributed by atoms with Crippen molar-refractivity contribution in [1.82, 2.24) is 15.2 Å². The lowest BCUT2D eigenvalue weighted by Gasteiger charge is -2.33. The predicted octanol–water partition coefficient (Wildman–Crippen LogP) is 2.84. The van der Waals surface area contributed by atoms with Gasteiger partial charge in [0.1, 0.15) is 5.69 Å². The van der Waals surface area contributed by atoms with Crippen molar-refractivity contribution < 1.29 is 9.53 Å². The van der Waals surface area contributed by atoms with Crippen LogP contribution in [0.5, 0.6) is 0 Å².